The van der Waals surface area contributed by atoms with Crippen LogP contribution in [0.2, 0.25) is 0 Å². The Morgan fingerprint density at radius 2 is 1.08 bits per heavy atom. The molecular formula is C49H62N10O13S2. The van der Waals surface area contributed by atoms with E-state index < -0.39 is 121 Å². The summed E-state index contributed by atoms with van der Waals surface area (Å²) in [6.07, 6.45) is 3.12. The fraction of sp³-hybridized carbons (Fsp3) is 0.388. The predicted molar refractivity (Wildman–Crippen MR) is 276 cm³/mol. The van der Waals surface area contributed by atoms with E-state index in [-0.39, 0.29) is 37.9 Å². The number of nitrogens with one attached hydrogen (secondary N) is 8. The maximum Gasteiger partial charge on any atom is 0.305 e. The molecule has 3 aromatic carbocycles. The number of aliphatic carboxylic acids is 2. The Balaban J connectivity index is 1.53. The van der Waals surface area contributed by atoms with Gasteiger partial charge in [0.25, 0.3) is 0 Å². The molecule has 1 aromatic heterocycles. The fourth-order valence-electron chi connectivity index (χ4n) is 7.54. The number of benzene rings is 3. The SMILES string of the molecule is CSCC[C@H](NC(=O)[C@@H](CC(=O)O)NC(=O)[C@@H](Cc1ccccc1)NN)C(=O)N[C@@H](Cc1c[nH]c2ccccc12)C(=O)NCC(=O)N[C@H](CCSC)C(=O)N[C@H](Cc1ccc(O)cc1)C(=O)C(=O)[C@H](N)CC(=O)O. The molecule has 0 aliphatic carbocycles. The molecule has 7 atom stereocenters. The lowest BCUT2D eigenvalue weighted by atomic mass is 9.95. The van der Waals surface area contributed by atoms with E-state index in [9.17, 15) is 58.2 Å². The molecule has 0 unspecified atom stereocenters. The third kappa shape index (κ3) is 18.9. The molecule has 1 heterocycles. The van der Waals surface area contributed by atoms with Gasteiger partial charge in [0.2, 0.25) is 47.0 Å². The Labute approximate surface area is 434 Å². The Morgan fingerprint density at radius 3 is 1.69 bits per heavy atom. The molecule has 0 radical (unpaired) electrons. The number of H-pyrrole nitrogens is 1. The van der Waals surface area contributed by atoms with Crippen molar-refractivity contribution in [3.05, 3.63) is 102 Å². The quantitative estimate of drug-likeness (QED) is 0.0162. The smallest absolute Gasteiger partial charge is 0.305 e. The summed E-state index contributed by atoms with van der Waals surface area (Å²) in [5.41, 5.74) is 10.5. The van der Waals surface area contributed by atoms with Crippen LogP contribution in [0.15, 0.2) is 85.1 Å². The maximum absolute atomic E-state index is 14.2. The fourth-order valence-corrected chi connectivity index (χ4v) is 8.48. The molecule has 0 aliphatic rings. The number of thioether (sulfide) groups is 2. The summed E-state index contributed by atoms with van der Waals surface area (Å²) >= 11 is 2.66. The lowest BCUT2D eigenvalue weighted by molar-refractivity contribution is -0.143. The molecule has 6 amide bonds. The second-order valence-electron chi connectivity index (χ2n) is 17.0. The number of hydrogen-bond donors (Lipinski definition) is 13. The third-order valence-electron chi connectivity index (χ3n) is 11.5. The van der Waals surface area contributed by atoms with Crippen molar-refractivity contribution in [3.63, 3.8) is 0 Å². The van der Waals surface area contributed by atoms with Gasteiger partial charge in [-0.05, 0) is 78.2 Å². The first-order valence-electron chi connectivity index (χ1n) is 23.2. The van der Waals surface area contributed by atoms with E-state index in [1.165, 1.54) is 47.8 Å². The van der Waals surface area contributed by atoms with Gasteiger partial charge in [0.15, 0.2) is 0 Å². The highest BCUT2D eigenvalue weighted by atomic mass is 32.2. The van der Waals surface area contributed by atoms with Crippen molar-refractivity contribution in [2.24, 2.45) is 11.6 Å². The average Bonchev–Trinajstić information content (AvgIpc) is 3.78. The molecule has 23 nitrogen and oxygen atoms in total. The number of carboxylic acids is 2. The van der Waals surface area contributed by atoms with Crippen LogP contribution < -0.4 is 48.9 Å². The number of aromatic hydroxyl groups is 1. The lowest BCUT2D eigenvalue weighted by Gasteiger charge is -2.26. The van der Waals surface area contributed by atoms with Gasteiger partial charge in [-0.2, -0.15) is 23.5 Å². The highest BCUT2D eigenvalue weighted by Gasteiger charge is 2.35. The highest BCUT2D eigenvalue weighted by molar-refractivity contribution is 7.98. The topological polar surface area (TPSA) is 383 Å². The summed E-state index contributed by atoms with van der Waals surface area (Å²) in [5, 5.41) is 44.5. The molecule has 15 N–H and O–H groups in total. The van der Waals surface area contributed by atoms with E-state index >= 15 is 0 Å². The summed E-state index contributed by atoms with van der Waals surface area (Å²) in [7, 11) is 0. The van der Waals surface area contributed by atoms with Crippen molar-refractivity contribution in [2.75, 3.05) is 30.6 Å². The Kier molecular flexibility index (Phi) is 24.0. The zero-order chi connectivity index (χ0) is 54.3. The van der Waals surface area contributed by atoms with Gasteiger partial charge >= 0.3 is 11.9 Å². The molecule has 0 aliphatic heterocycles. The molecule has 0 spiro atoms. The van der Waals surface area contributed by atoms with Gasteiger partial charge in [0.05, 0.1) is 31.5 Å². The number of nitrogens with two attached hydrogens (primary N) is 2. The van der Waals surface area contributed by atoms with Crippen LogP contribution in [0.25, 0.3) is 10.9 Å². The van der Waals surface area contributed by atoms with E-state index in [1.807, 2.05) is 0 Å². The Hall–Kier alpha value is -7.32. The van der Waals surface area contributed by atoms with Crippen molar-refractivity contribution in [3.8, 4) is 5.75 Å². The second kappa shape index (κ2) is 30.0. The Morgan fingerprint density at radius 1 is 0.568 bits per heavy atom. The summed E-state index contributed by atoms with van der Waals surface area (Å²) in [6.45, 7) is -0.730. The van der Waals surface area contributed by atoms with Gasteiger partial charge in [-0.15, -0.1) is 0 Å². The van der Waals surface area contributed by atoms with Crippen LogP contribution in [0.5, 0.6) is 5.75 Å². The molecule has 25 heteroatoms. The molecule has 4 aromatic rings. The predicted octanol–water partition coefficient (Wildman–Crippen LogP) is -0.805. The maximum atomic E-state index is 14.2. The Bertz CT molecular complexity index is 2600. The van der Waals surface area contributed by atoms with E-state index in [0.717, 1.165) is 5.56 Å². The van der Waals surface area contributed by atoms with Gasteiger partial charge in [-0.3, -0.25) is 53.8 Å². The number of ketones is 2. The van der Waals surface area contributed by atoms with Crippen molar-refractivity contribution >= 4 is 93.4 Å². The number of para-hydroxylation sites is 1. The van der Waals surface area contributed by atoms with Crippen molar-refractivity contribution < 1.29 is 63.3 Å². The third-order valence-corrected chi connectivity index (χ3v) is 12.7. The van der Waals surface area contributed by atoms with E-state index in [4.69, 9.17) is 16.7 Å². The van der Waals surface area contributed by atoms with Gasteiger partial charge in [-0.1, -0.05) is 60.7 Å². The molecule has 74 heavy (non-hydrogen) atoms. The van der Waals surface area contributed by atoms with Crippen LogP contribution in [-0.2, 0) is 67.2 Å². The van der Waals surface area contributed by atoms with Crippen LogP contribution in [0, 0.1) is 0 Å². The summed E-state index contributed by atoms with van der Waals surface area (Å²) in [4.78, 5) is 136. The number of aromatic amines is 1. The first-order valence-corrected chi connectivity index (χ1v) is 26.0. The number of aromatic nitrogens is 1. The zero-order valence-corrected chi connectivity index (χ0v) is 42.2. The van der Waals surface area contributed by atoms with Crippen LogP contribution >= 0.6 is 23.5 Å². The molecule has 4 rings (SSSR count). The minimum absolute atomic E-state index is 0.00147. The number of Topliss-reactive ketones (excluding diaryl/α,β-unsaturated/α-hetero) is 2. The zero-order valence-electron chi connectivity index (χ0n) is 40.6. The minimum Gasteiger partial charge on any atom is -0.508 e. The second-order valence-corrected chi connectivity index (χ2v) is 19.0. The first-order chi connectivity index (χ1) is 35.3. The van der Waals surface area contributed by atoms with Crippen LogP contribution in [0.3, 0.4) is 0 Å². The van der Waals surface area contributed by atoms with Gasteiger partial charge < -0.3 is 57.9 Å². The standard InChI is InChI=1S/C49H62N10O13S2/c1-73-18-16-34(46(69)56-36(20-28-12-14-30(60)15-13-28)44(67)43(66)32(50)23-41(62)63)54-40(61)26-53-45(68)37(22-29-25-52-33-11-7-6-10-31(29)33)57-47(70)35(17-19-74-2)55-48(71)38(24-42(64)65)58-49(72)39(59-51)21-27-8-4-3-5-9-27/h3-15,25,32,34-39,52,59-60H,16-24,26,50-51H2,1-2H3,(H,53,68)(H,54,61)(H,55,71)(H,56,69)(H,57,70)(H,58,72)(H,62,63)(H,64,65)/t32-,34-,35+,36-,37+,38-,39-/m1/s1. The molecule has 0 saturated carbocycles. The number of rotatable bonds is 32. The van der Waals surface area contributed by atoms with E-state index in [2.05, 4.69) is 42.3 Å². The summed E-state index contributed by atoms with van der Waals surface area (Å²) < 4.78 is 0. The van der Waals surface area contributed by atoms with E-state index in [0.29, 0.717) is 33.5 Å². The van der Waals surface area contributed by atoms with E-state index in [1.54, 1.807) is 73.3 Å². The monoisotopic (exact) mass is 1060 g/mol. The number of phenolic OH excluding ortho intramolecular Hbond substituents is 1. The van der Waals surface area contributed by atoms with Crippen LogP contribution in [-0.4, -0.2) is 152 Å². The van der Waals surface area contributed by atoms with Crippen LogP contribution in [0.1, 0.15) is 42.4 Å². The highest BCUT2D eigenvalue weighted by Crippen LogP contribution is 2.20. The van der Waals surface area contributed by atoms with Crippen molar-refractivity contribution in [2.45, 2.75) is 87.2 Å². The van der Waals surface area contributed by atoms with Crippen molar-refractivity contribution in [1.82, 2.24) is 42.3 Å². The lowest BCUT2D eigenvalue weighted by Crippen LogP contribution is -2.59. The number of hydrazine groups is 1. The van der Waals surface area contributed by atoms with Gasteiger partial charge in [0.1, 0.15) is 36.0 Å². The number of carbonyl (C=O) groups excluding carboxylic acids is 8. The number of carbonyl (C=O) groups is 10. The molecule has 0 saturated heterocycles. The average molecular weight is 1060 g/mol. The number of phenols is 1. The summed E-state index contributed by atoms with van der Waals surface area (Å²) in [5.74, 6) is -4.37. The van der Waals surface area contributed by atoms with Gasteiger partial charge in [0, 0.05) is 29.9 Å². The number of fused-ring (bicyclic) bond motifs is 1. The minimum atomic E-state index is -1.71. The largest absolute Gasteiger partial charge is 0.508 e. The number of amides is 6. The summed E-state index contributed by atoms with van der Waals surface area (Å²) in [6, 6.07) is 11.4. The van der Waals surface area contributed by atoms with Crippen LogP contribution in [0.4, 0.5) is 0 Å². The number of hydrogen-bond acceptors (Lipinski definition) is 16. The normalized spacial score (nSPS) is 13.9. The molecule has 0 bridgehead atoms. The first kappa shape index (κ1) is 59.2. The molecular weight excluding hydrogens is 1000 g/mol. The van der Waals surface area contributed by atoms with Gasteiger partial charge in [-0.25, -0.2) is 5.43 Å². The number of carboxylic acid groups (broad SMARTS) is 2. The molecule has 0 fully saturated rings. The van der Waals surface area contributed by atoms with Crippen molar-refractivity contribution in [1.29, 1.82) is 0 Å². The molecule has 398 valence electrons.